The quantitative estimate of drug-likeness (QED) is 0.799. The molecule has 0 atom stereocenters. The van der Waals surface area contributed by atoms with Crippen LogP contribution >= 0.6 is 0 Å². The van der Waals surface area contributed by atoms with Gasteiger partial charge in [0.2, 0.25) is 0 Å². The highest BCUT2D eigenvalue weighted by atomic mass is 19.4. The molecule has 0 aliphatic heterocycles. The van der Waals surface area contributed by atoms with Crippen molar-refractivity contribution in [1.29, 1.82) is 0 Å². The Kier molecular flexibility index (Phi) is 3.57. The van der Waals surface area contributed by atoms with Crippen molar-refractivity contribution in [1.82, 2.24) is 0 Å². The van der Waals surface area contributed by atoms with Crippen molar-refractivity contribution >= 4 is 5.78 Å². The van der Waals surface area contributed by atoms with Crippen molar-refractivity contribution in [2.45, 2.75) is 20.2 Å². The molecule has 0 unspecified atom stereocenters. The van der Waals surface area contributed by atoms with Crippen molar-refractivity contribution in [3.05, 3.63) is 53.0 Å². The maximum Gasteiger partial charge on any atom is 0.573 e. The van der Waals surface area contributed by atoms with Crippen LogP contribution in [0.25, 0.3) is 0 Å². The summed E-state index contributed by atoms with van der Waals surface area (Å²) in [5.74, 6) is 0.149. The highest BCUT2D eigenvalue weighted by Crippen LogP contribution is 2.25. The van der Waals surface area contributed by atoms with E-state index in [9.17, 15) is 18.0 Å². The lowest BCUT2D eigenvalue weighted by Gasteiger charge is -2.09. The summed E-state index contributed by atoms with van der Waals surface area (Å²) in [5.41, 5.74) is 0.433. The Balaban J connectivity index is 2.31. The molecule has 1 heterocycles. The Hall–Kier alpha value is -2.24. The second kappa shape index (κ2) is 5.03. The summed E-state index contributed by atoms with van der Waals surface area (Å²) in [6.07, 6.45) is -4.79. The number of hydrogen-bond acceptors (Lipinski definition) is 3. The van der Waals surface area contributed by atoms with Crippen LogP contribution in [0.3, 0.4) is 0 Å². The van der Waals surface area contributed by atoms with Gasteiger partial charge < -0.3 is 9.15 Å². The van der Waals surface area contributed by atoms with Crippen LogP contribution in [0, 0.1) is 13.8 Å². The first-order chi connectivity index (χ1) is 9.26. The number of ketones is 1. The zero-order valence-corrected chi connectivity index (χ0v) is 10.7. The standard InChI is InChI=1S/C14H11F3O3/c1-8-6-12(9(2)19-8)13(18)10-4-3-5-11(7-10)20-14(15,16)17/h3-7H,1-2H3. The molecule has 0 aliphatic rings. The summed E-state index contributed by atoms with van der Waals surface area (Å²) in [4.78, 5) is 12.2. The molecule has 1 aromatic carbocycles. The zero-order valence-electron chi connectivity index (χ0n) is 10.7. The van der Waals surface area contributed by atoms with Gasteiger partial charge in [0.05, 0.1) is 5.56 Å². The molecule has 3 nitrogen and oxygen atoms in total. The molecule has 1 aromatic heterocycles. The van der Waals surface area contributed by atoms with Crippen LogP contribution in [0.4, 0.5) is 13.2 Å². The molecular weight excluding hydrogens is 273 g/mol. The van der Waals surface area contributed by atoms with Gasteiger partial charge in [0.1, 0.15) is 17.3 Å². The minimum absolute atomic E-state index is 0.107. The Bertz CT molecular complexity index is 641. The lowest BCUT2D eigenvalue weighted by atomic mass is 10.0. The lowest BCUT2D eigenvalue weighted by Crippen LogP contribution is -2.17. The molecule has 0 bridgehead atoms. The number of ether oxygens (including phenoxy) is 1. The zero-order chi connectivity index (χ0) is 14.9. The monoisotopic (exact) mass is 284 g/mol. The van der Waals surface area contributed by atoms with Crippen molar-refractivity contribution in [2.24, 2.45) is 0 Å². The number of carbonyl (C=O) groups excluding carboxylic acids is 1. The van der Waals surface area contributed by atoms with Gasteiger partial charge in [-0.2, -0.15) is 0 Å². The van der Waals surface area contributed by atoms with E-state index in [1.165, 1.54) is 12.1 Å². The van der Waals surface area contributed by atoms with E-state index in [2.05, 4.69) is 4.74 Å². The van der Waals surface area contributed by atoms with E-state index in [1.54, 1.807) is 19.9 Å². The number of carbonyl (C=O) groups is 1. The van der Waals surface area contributed by atoms with Gasteiger partial charge in [-0.25, -0.2) is 0 Å². The molecule has 0 radical (unpaired) electrons. The van der Waals surface area contributed by atoms with Gasteiger partial charge in [-0.05, 0) is 32.0 Å². The van der Waals surface area contributed by atoms with E-state index in [4.69, 9.17) is 4.42 Å². The van der Waals surface area contributed by atoms with Crippen molar-refractivity contribution in [2.75, 3.05) is 0 Å². The Labute approximate surface area is 113 Å². The van der Waals surface area contributed by atoms with Crippen molar-refractivity contribution in [3.8, 4) is 5.75 Å². The predicted molar refractivity (Wildman–Crippen MR) is 64.7 cm³/mol. The SMILES string of the molecule is Cc1cc(C(=O)c2cccc(OC(F)(F)F)c2)c(C)o1. The van der Waals surface area contributed by atoms with Gasteiger partial charge in [0.15, 0.2) is 5.78 Å². The number of halogens is 3. The summed E-state index contributed by atoms with van der Waals surface area (Å²) in [6, 6.07) is 6.49. The highest BCUT2D eigenvalue weighted by molar-refractivity contribution is 6.09. The molecule has 0 amide bonds. The molecule has 0 spiro atoms. The molecule has 2 aromatic rings. The van der Waals surface area contributed by atoms with Gasteiger partial charge >= 0.3 is 6.36 Å². The molecule has 0 saturated carbocycles. The fourth-order valence-electron chi connectivity index (χ4n) is 1.85. The molecular formula is C14H11F3O3. The summed E-state index contributed by atoms with van der Waals surface area (Å²) >= 11 is 0. The molecule has 6 heteroatoms. The summed E-state index contributed by atoms with van der Waals surface area (Å²) in [6.45, 7) is 3.31. The van der Waals surface area contributed by atoms with Crippen LogP contribution in [-0.2, 0) is 0 Å². The third-order valence-electron chi connectivity index (χ3n) is 2.62. The topological polar surface area (TPSA) is 39.4 Å². The van der Waals surface area contributed by atoms with E-state index >= 15 is 0 Å². The largest absolute Gasteiger partial charge is 0.573 e. The molecule has 0 fully saturated rings. The maximum absolute atomic E-state index is 12.2. The Morgan fingerprint density at radius 1 is 1.20 bits per heavy atom. The van der Waals surface area contributed by atoms with E-state index in [0.717, 1.165) is 12.1 Å². The third kappa shape index (κ3) is 3.20. The second-order valence-corrected chi connectivity index (χ2v) is 4.23. The van der Waals surface area contributed by atoms with Crippen molar-refractivity contribution < 1.29 is 27.1 Å². The minimum atomic E-state index is -4.79. The first-order valence-electron chi connectivity index (χ1n) is 5.74. The minimum Gasteiger partial charge on any atom is -0.466 e. The number of furan rings is 1. The van der Waals surface area contributed by atoms with E-state index < -0.39 is 17.9 Å². The van der Waals surface area contributed by atoms with Gasteiger partial charge in [0.25, 0.3) is 0 Å². The van der Waals surface area contributed by atoms with Crippen LogP contribution in [0.2, 0.25) is 0 Å². The third-order valence-corrected chi connectivity index (χ3v) is 2.62. The number of alkyl halides is 3. The number of aryl methyl sites for hydroxylation is 2. The molecule has 20 heavy (non-hydrogen) atoms. The smallest absolute Gasteiger partial charge is 0.466 e. The van der Waals surface area contributed by atoms with E-state index in [1.807, 2.05) is 0 Å². The molecule has 106 valence electrons. The average Bonchev–Trinajstić information content (AvgIpc) is 2.65. The van der Waals surface area contributed by atoms with Gasteiger partial charge in [-0.1, -0.05) is 12.1 Å². The fraction of sp³-hybridized carbons (Fsp3) is 0.214. The summed E-state index contributed by atoms with van der Waals surface area (Å²) in [7, 11) is 0. The Morgan fingerprint density at radius 2 is 1.90 bits per heavy atom. The number of benzene rings is 1. The number of hydrogen-bond donors (Lipinski definition) is 0. The predicted octanol–water partition coefficient (Wildman–Crippen LogP) is 4.03. The number of rotatable bonds is 3. The van der Waals surface area contributed by atoms with Crippen molar-refractivity contribution in [3.63, 3.8) is 0 Å². The first kappa shape index (κ1) is 14.2. The molecule has 0 aliphatic carbocycles. The van der Waals surface area contributed by atoms with Crippen LogP contribution < -0.4 is 4.74 Å². The highest BCUT2D eigenvalue weighted by Gasteiger charge is 2.31. The van der Waals surface area contributed by atoms with Crippen LogP contribution in [0.1, 0.15) is 27.4 Å². The maximum atomic E-state index is 12.2. The average molecular weight is 284 g/mol. The summed E-state index contributed by atoms with van der Waals surface area (Å²) < 4.78 is 45.5. The summed E-state index contributed by atoms with van der Waals surface area (Å²) in [5, 5.41) is 0. The van der Waals surface area contributed by atoms with Crippen LogP contribution in [0.5, 0.6) is 5.75 Å². The van der Waals surface area contributed by atoms with E-state index in [0.29, 0.717) is 17.1 Å². The Morgan fingerprint density at radius 3 is 2.45 bits per heavy atom. The van der Waals surface area contributed by atoms with Gasteiger partial charge in [-0.3, -0.25) is 4.79 Å². The molecule has 0 saturated heterocycles. The molecule has 2 rings (SSSR count). The van der Waals surface area contributed by atoms with Crippen LogP contribution in [-0.4, -0.2) is 12.1 Å². The lowest BCUT2D eigenvalue weighted by molar-refractivity contribution is -0.274. The first-order valence-corrected chi connectivity index (χ1v) is 5.74. The molecule has 0 N–H and O–H groups in total. The van der Waals surface area contributed by atoms with Gasteiger partial charge in [0, 0.05) is 5.56 Å². The van der Waals surface area contributed by atoms with E-state index in [-0.39, 0.29) is 5.56 Å². The van der Waals surface area contributed by atoms with Gasteiger partial charge in [-0.15, -0.1) is 13.2 Å². The fourth-order valence-corrected chi connectivity index (χ4v) is 1.85. The normalized spacial score (nSPS) is 11.4. The van der Waals surface area contributed by atoms with Crippen LogP contribution in [0.15, 0.2) is 34.7 Å². The second-order valence-electron chi connectivity index (χ2n) is 4.23.